The highest BCUT2D eigenvalue weighted by Gasteiger charge is 2.48. The lowest BCUT2D eigenvalue weighted by atomic mass is 9.77. The molecule has 3 aliphatic rings. The van der Waals surface area contributed by atoms with Gasteiger partial charge in [-0.3, -0.25) is 19.6 Å². The van der Waals surface area contributed by atoms with Crippen molar-refractivity contribution in [2.45, 2.75) is 252 Å². The standard InChI is InChI=1S/C54H103N15/c1-20-24-27-28-29-66(39-57-44-55-38-56-46(59-44)67(23-4)41-32-49(5,6)63(17)50(7,8)33-41)40-58-45-60-47(68(30-25-21-2)42-34-51(9,10)64(18)52(11,12)35-42)62-48(61-45)69(31-26-22-3)43-36-53(13,14)65(19)54(15,16)37-43/h38,41-43H,20-37,39-40H2,1-19H3,(H,55,56,57,59)(H,58,60,61,62). The number of nitrogens with one attached hydrogen (secondary N) is 2. The maximum Gasteiger partial charge on any atom is 0.232 e. The summed E-state index contributed by atoms with van der Waals surface area (Å²) in [6, 6.07) is 0.903. The van der Waals surface area contributed by atoms with Gasteiger partial charge in [0, 0.05) is 77.5 Å². The number of piperidine rings is 3. The van der Waals surface area contributed by atoms with Crippen LogP contribution in [0.2, 0.25) is 0 Å². The maximum absolute atomic E-state index is 5.58. The Balaban J connectivity index is 1.50. The molecule has 0 aliphatic carbocycles. The molecule has 3 aliphatic heterocycles. The van der Waals surface area contributed by atoms with Crippen molar-refractivity contribution >= 4 is 29.7 Å². The normalized spacial score (nSPS) is 21.9. The fourth-order valence-electron chi connectivity index (χ4n) is 12.3. The highest BCUT2D eigenvalue weighted by atomic mass is 15.4. The number of hydrogen-bond donors (Lipinski definition) is 2. The van der Waals surface area contributed by atoms with Crippen molar-refractivity contribution in [3.8, 4) is 0 Å². The van der Waals surface area contributed by atoms with Gasteiger partial charge in [-0.2, -0.15) is 19.9 Å². The number of nitrogens with zero attached hydrogens (tertiary/aromatic N) is 13. The van der Waals surface area contributed by atoms with Crippen LogP contribution in [-0.2, 0) is 0 Å². The highest BCUT2D eigenvalue weighted by molar-refractivity contribution is 5.47. The fraction of sp³-hybridized carbons (Fsp3) is 0.889. The van der Waals surface area contributed by atoms with E-state index >= 15 is 0 Å². The van der Waals surface area contributed by atoms with E-state index in [-0.39, 0.29) is 45.3 Å². The molecular formula is C54H103N15. The van der Waals surface area contributed by atoms with Crippen LogP contribution < -0.4 is 25.3 Å². The molecule has 0 unspecified atom stereocenters. The van der Waals surface area contributed by atoms with Gasteiger partial charge in [0.1, 0.15) is 6.33 Å². The number of likely N-dealkylation sites (tertiary alicyclic amines) is 3. The molecule has 5 heterocycles. The zero-order valence-electron chi connectivity index (χ0n) is 47.8. The third kappa shape index (κ3) is 14.1. The number of rotatable bonds is 24. The Morgan fingerprint density at radius 2 is 0.826 bits per heavy atom. The van der Waals surface area contributed by atoms with Crippen LogP contribution in [0.5, 0.6) is 0 Å². The first kappa shape index (κ1) is 56.8. The maximum atomic E-state index is 5.58. The van der Waals surface area contributed by atoms with E-state index in [9.17, 15) is 0 Å². The topological polar surface area (TPSA) is 124 Å². The monoisotopic (exact) mass is 962 g/mol. The van der Waals surface area contributed by atoms with Gasteiger partial charge in [-0.1, -0.05) is 52.9 Å². The SMILES string of the molecule is CCCCCCN(CNc1ncnc(N(CC)C2CC(C)(C)N(C)C(C)(C)C2)n1)CNc1nc(N(CCCC)C2CC(C)(C)N(C)C(C)(C)C2)nc(N(CCCC)C2CC(C)(C)N(C)C(C)(C)C2)n1. The molecule has 0 amide bonds. The van der Waals surface area contributed by atoms with Gasteiger partial charge in [0.05, 0.1) is 13.3 Å². The molecule has 0 aromatic carbocycles. The van der Waals surface area contributed by atoms with Gasteiger partial charge in [0.2, 0.25) is 29.7 Å². The van der Waals surface area contributed by atoms with Crippen molar-refractivity contribution in [1.29, 1.82) is 0 Å². The smallest absolute Gasteiger partial charge is 0.232 e. The van der Waals surface area contributed by atoms with Crippen molar-refractivity contribution < 1.29 is 0 Å². The molecule has 0 saturated carbocycles. The van der Waals surface area contributed by atoms with Gasteiger partial charge in [-0.25, -0.2) is 9.97 Å². The summed E-state index contributed by atoms with van der Waals surface area (Å²) in [7, 11) is 6.86. The van der Waals surface area contributed by atoms with Gasteiger partial charge in [-0.15, -0.1) is 0 Å². The summed E-state index contributed by atoms with van der Waals surface area (Å²) in [6.07, 6.45) is 17.0. The van der Waals surface area contributed by atoms with E-state index < -0.39 is 0 Å². The van der Waals surface area contributed by atoms with Crippen LogP contribution in [0.25, 0.3) is 0 Å². The molecule has 3 saturated heterocycles. The largest absolute Gasteiger partial charge is 0.341 e. The summed E-state index contributed by atoms with van der Waals surface area (Å²) < 4.78 is 0. The molecule has 0 radical (unpaired) electrons. The number of aromatic nitrogens is 6. The Kier molecular flexibility index (Phi) is 19.1. The molecule has 0 atom stereocenters. The predicted octanol–water partition coefficient (Wildman–Crippen LogP) is 10.4. The highest BCUT2D eigenvalue weighted by Crippen LogP contribution is 2.43. The first-order valence-electron chi connectivity index (χ1n) is 27.4. The second-order valence-corrected chi connectivity index (χ2v) is 25.1. The number of hydrogen-bond acceptors (Lipinski definition) is 15. The molecule has 0 bridgehead atoms. The Bertz CT molecular complexity index is 1770. The van der Waals surface area contributed by atoms with Gasteiger partial charge in [0.15, 0.2) is 0 Å². The van der Waals surface area contributed by atoms with Gasteiger partial charge in [-0.05, 0) is 169 Å². The van der Waals surface area contributed by atoms with Gasteiger partial charge < -0.3 is 25.3 Å². The molecular weight excluding hydrogens is 859 g/mol. The zero-order valence-corrected chi connectivity index (χ0v) is 47.8. The second kappa shape index (κ2) is 23.2. The first-order valence-corrected chi connectivity index (χ1v) is 27.4. The number of anilines is 5. The van der Waals surface area contributed by atoms with Crippen LogP contribution in [0.3, 0.4) is 0 Å². The average Bonchev–Trinajstić information content (AvgIpc) is 3.26. The fourth-order valence-corrected chi connectivity index (χ4v) is 12.3. The molecule has 15 nitrogen and oxygen atoms in total. The van der Waals surface area contributed by atoms with Crippen molar-refractivity contribution in [3.05, 3.63) is 6.33 Å². The van der Waals surface area contributed by atoms with E-state index in [0.717, 1.165) is 115 Å². The zero-order chi connectivity index (χ0) is 51.2. The molecule has 15 heteroatoms. The lowest BCUT2D eigenvalue weighted by Gasteiger charge is -2.56. The lowest BCUT2D eigenvalue weighted by molar-refractivity contribution is -0.0133. The minimum atomic E-state index is 0.0202. The van der Waals surface area contributed by atoms with Gasteiger partial charge in [0.25, 0.3) is 0 Å². The van der Waals surface area contributed by atoms with Crippen LogP contribution in [-0.4, -0.2) is 162 Å². The van der Waals surface area contributed by atoms with E-state index in [1.54, 1.807) is 6.33 Å². The van der Waals surface area contributed by atoms with E-state index in [1.165, 1.54) is 19.3 Å². The summed E-state index contributed by atoms with van der Waals surface area (Å²) in [5.74, 6) is 3.57. The Morgan fingerprint density at radius 1 is 0.449 bits per heavy atom. The van der Waals surface area contributed by atoms with Crippen molar-refractivity contribution in [3.63, 3.8) is 0 Å². The van der Waals surface area contributed by atoms with Crippen LogP contribution in [0.4, 0.5) is 29.7 Å². The summed E-state index contributed by atoms with van der Waals surface area (Å²) in [5, 5.41) is 7.42. The predicted molar refractivity (Wildman–Crippen MR) is 292 cm³/mol. The van der Waals surface area contributed by atoms with Crippen LogP contribution in [0, 0.1) is 0 Å². The molecule has 394 valence electrons. The summed E-state index contributed by atoms with van der Waals surface area (Å²) in [5.41, 5.74) is 0.197. The van der Waals surface area contributed by atoms with Crippen LogP contribution >= 0.6 is 0 Å². The summed E-state index contributed by atoms with van der Waals surface area (Å²) >= 11 is 0. The average molecular weight is 963 g/mol. The summed E-state index contributed by atoms with van der Waals surface area (Å²) in [4.78, 5) is 48.5. The van der Waals surface area contributed by atoms with Crippen LogP contribution in [0.1, 0.15) is 201 Å². The molecule has 5 rings (SSSR count). The van der Waals surface area contributed by atoms with Crippen molar-refractivity contribution in [1.82, 2.24) is 49.5 Å². The number of unbranched alkanes of at least 4 members (excludes halogenated alkanes) is 5. The van der Waals surface area contributed by atoms with Crippen molar-refractivity contribution in [2.24, 2.45) is 0 Å². The Labute approximate surface area is 422 Å². The minimum Gasteiger partial charge on any atom is -0.341 e. The third-order valence-electron chi connectivity index (χ3n) is 17.2. The van der Waals surface area contributed by atoms with Gasteiger partial charge >= 0.3 is 0 Å². The first-order chi connectivity index (χ1) is 32.2. The van der Waals surface area contributed by atoms with Crippen LogP contribution in [0.15, 0.2) is 6.33 Å². The molecule has 69 heavy (non-hydrogen) atoms. The van der Waals surface area contributed by atoms with E-state index in [0.29, 0.717) is 31.3 Å². The molecule has 2 aromatic rings. The molecule has 0 spiro atoms. The summed E-state index contributed by atoms with van der Waals surface area (Å²) in [6.45, 7) is 42.4. The molecule has 2 aromatic heterocycles. The minimum absolute atomic E-state index is 0.0202. The molecule has 2 N–H and O–H groups in total. The van der Waals surface area contributed by atoms with E-state index in [2.05, 4.69) is 182 Å². The molecule has 3 fully saturated rings. The third-order valence-corrected chi connectivity index (χ3v) is 17.2. The van der Waals surface area contributed by atoms with E-state index in [1.807, 2.05) is 0 Å². The van der Waals surface area contributed by atoms with Crippen molar-refractivity contribution in [2.75, 3.05) is 86.0 Å². The Hall–Kier alpha value is -3.14. The quantitative estimate of drug-likeness (QED) is 0.0766. The Morgan fingerprint density at radius 3 is 1.22 bits per heavy atom. The second-order valence-electron chi connectivity index (χ2n) is 25.1. The van der Waals surface area contributed by atoms with E-state index in [4.69, 9.17) is 24.9 Å². The lowest BCUT2D eigenvalue weighted by Crippen LogP contribution is -2.63.